The lowest BCUT2D eigenvalue weighted by Crippen LogP contribution is -2.48. The van der Waals surface area contributed by atoms with Gasteiger partial charge in [-0.3, -0.25) is 14.5 Å². The lowest BCUT2D eigenvalue weighted by atomic mass is 9.81. The molecule has 3 amide bonds. The standard InChI is InChI=1S/C31H36FN5O3/c32-26-17-25(8-9-27(26)35-30(40)34-19-22-6-7-22)29(39)37-14-12-36(13-15-37)20-23-4-3-5-24(16-23)28(38)18-31(21-33)10-1-2-11-31/h3-5,8-9,16-17,22H,1-2,6-7,10-15,18-20H2,(H2,34,35,40). The summed E-state index contributed by atoms with van der Waals surface area (Å²) in [7, 11) is 0. The Morgan fingerprint density at radius 1 is 1.00 bits per heavy atom. The third kappa shape index (κ3) is 6.86. The summed E-state index contributed by atoms with van der Waals surface area (Å²) < 4.78 is 14.6. The van der Waals surface area contributed by atoms with E-state index in [2.05, 4.69) is 21.6 Å². The predicted octanol–water partition coefficient (Wildman–Crippen LogP) is 4.97. The smallest absolute Gasteiger partial charge is 0.319 e. The maximum atomic E-state index is 14.6. The van der Waals surface area contributed by atoms with Crippen LogP contribution in [-0.4, -0.2) is 60.2 Å². The summed E-state index contributed by atoms with van der Waals surface area (Å²) in [6.45, 7) is 3.57. The van der Waals surface area contributed by atoms with Crippen LogP contribution >= 0.6 is 0 Å². The van der Waals surface area contributed by atoms with Crippen LogP contribution in [0.2, 0.25) is 0 Å². The van der Waals surface area contributed by atoms with E-state index in [1.807, 2.05) is 24.3 Å². The number of carbonyl (C=O) groups is 3. The predicted molar refractivity (Wildman–Crippen MR) is 149 cm³/mol. The lowest BCUT2D eigenvalue weighted by molar-refractivity contribution is 0.0627. The topological polar surface area (TPSA) is 106 Å². The number of benzene rings is 2. The Morgan fingerprint density at radius 3 is 2.42 bits per heavy atom. The Hall–Kier alpha value is -3.77. The molecule has 2 aliphatic carbocycles. The molecule has 5 rings (SSSR count). The maximum Gasteiger partial charge on any atom is 0.319 e. The van der Waals surface area contributed by atoms with Gasteiger partial charge in [-0.2, -0.15) is 5.26 Å². The molecule has 0 aromatic heterocycles. The highest BCUT2D eigenvalue weighted by molar-refractivity contribution is 5.97. The number of urea groups is 1. The summed E-state index contributed by atoms with van der Waals surface area (Å²) in [5.41, 5.74) is 1.45. The molecule has 1 saturated heterocycles. The van der Waals surface area contributed by atoms with Crippen molar-refractivity contribution in [2.75, 3.05) is 38.0 Å². The number of nitriles is 1. The Labute approximate surface area is 234 Å². The second kappa shape index (κ2) is 12.2. The highest BCUT2D eigenvalue weighted by atomic mass is 19.1. The second-order valence-corrected chi connectivity index (χ2v) is 11.4. The second-order valence-electron chi connectivity index (χ2n) is 11.4. The minimum absolute atomic E-state index is 0.0213. The molecule has 0 spiro atoms. The van der Waals surface area contributed by atoms with Crippen LogP contribution in [0.3, 0.4) is 0 Å². The Kier molecular flexibility index (Phi) is 8.46. The van der Waals surface area contributed by atoms with Crippen LogP contribution in [0.25, 0.3) is 0 Å². The first kappa shape index (κ1) is 27.8. The van der Waals surface area contributed by atoms with Gasteiger partial charge in [0.1, 0.15) is 5.82 Å². The van der Waals surface area contributed by atoms with Gasteiger partial charge in [-0.15, -0.1) is 0 Å². The number of carbonyl (C=O) groups excluding carboxylic acids is 3. The van der Waals surface area contributed by atoms with Crippen LogP contribution in [0.5, 0.6) is 0 Å². The van der Waals surface area contributed by atoms with E-state index < -0.39 is 17.3 Å². The van der Waals surface area contributed by atoms with Gasteiger partial charge in [0.05, 0.1) is 17.2 Å². The van der Waals surface area contributed by atoms with Gasteiger partial charge in [0.15, 0.2) is 5.78 Å². The van der Waals surface area contributed by atoms with Gasteiger partial charge in [-0.05, 0) is 61.4 Å². The van der Waals surface area contributed by atoms with E-state index in [4.69, 9.17) is 0 Å². The van der Waals surface area contributed by atoms with Crippen molar-refractivity contribution in [1.82, 2.24) is 15.1 Å². The van der Waals surface area contributed by atoms with E-state index >= 15 is 0 Å². The highest BCUT2D eigenvalue weighted by Gasteiger charge is 2.36. The molecule has 40 heavy (non-hydrogen) atoms. The van der Waals surface area contributed by atoms with E-state index in [0.717, 1.165) is 44.1 Å². The fourth-order valence-electron chi connectivity index (χ4n) is 5.66. The molecule has 2 N–H and O–H groups in total. The first-order valence-electron chi connectivity index (χ1n) is 14.2. The zero-order valence-electron chi connectivity index (χ0n) is 22.8. The SMILES string of the molecule is N#CC1(CC(=O)c2cccc(CN3CCN(C(=O)c4ccc(NC(=O)NCC5CC5)c(F)c4)CC3)c2)CCCC1. The zero-order valence-corrected chi connectivity index (χ0v) is 22.8. The number of nitrogens with zero attached hydrogens (tertiary/aromatic N) is 3. The van der Waals surface area contributed by atoms with Crippen LogP contribution in [0.4, 0.5) is 14.9 Å². The Bertz CT molecular complexity index is 1300. The van der Waals surface area contributed by atoms with E-state index in [9.17, 15) is 24.0 Å². The Morgan fingerprint density at radius 2 is 1.75 bits per heavy atom. The van der Waals surface area contributed by atoms with Crippen molar-refractivity contribution in [3.63, 3.8) is 0 Å². The van der Waals surface area contributed by atoms with Crippen molar-refractivity contribution >= 4 is 23.4 Å². The van der Waals surface area contributed by atoms with Crippen LogP contribution in [0.15, 0.2) is 42.5 Å². The zero-order chi connectivity index (χ0) is 28.1. The molecule has 210 valence electrons. The average Bonchev–Trinajstić information content (AvgIpc) is 3.69. The molecular formula is C31H36FN5O3. The van der Waals surface area contributed by atoms with E-state index in [-0.39, 0.29) is 29.4 Å². The number of hydrogen-bond donors (Lipinski definition) is 2. The summed E-state index contributed by atoms with van der Waals surface area (Å²) in [5, 5.41) is 14.9. The van der Waals surface area contributed by atoms with Gasteiger partial charge in [-0.25, -0.2) is 9.18 Å². The number of ketones is 1. The number of rotatable bonds is 9. The summed E-state index contributed by atoms with van der Waals surface area (Å²) in [6.07, 6.45) is 6.10. The first-order valence-corrected chi connectivity index (χ1v) is 14.2. The third-order valence-electron chi connectivity index (χ3n) is 8.32. The Balaban J connectivity index is 1.11. The lowest BCUT2D eigenvalue weighted by Gasteiger charge is -2.35. The number of nitrogens with one attached hydrogen (secondary N) is 2. The fourth-order valence-corrected chi connectivity index (χ4v) is 5.66. The number of hydrogen-bond acceptors (Lipinski definition) is 5. The van der Waals surface area contributed by atoms with Crippen molar-refractivity contribution in [2.45, 2.75) is 51.5 Å². The van der Waals surface area contributed by atoms with Crippen molar-refractivity contribution in [2.24, 2.45) is 11.3 Å². The molecular weight excluding hydrogens is 509 g/mol. The van der Waals surface area contributed by atoms with Gasteiger partial charge in [0, 0.05) is 56.8 Å². The van der Waals surface area contributed by atoms with Crippen LogP contribution in [-0.2, 0) is 6.54 Å². The third-order valence-corrected chi connectivity index (χ3v) is 8.32. The molecule has 1 heterocycles. The van der Waals surface area contributed by atoms with Crippen molar-refractivity contribution in [1.29, 1.82) is 5.26 Å². The van der Waals surface area contributed by atoms with Crippen molar-refractivity contribution in [3.8, 4) is 6.07 Å². The molecule has 2 saturated carbocycles. The first-order chi connectivity index (χ1) is 19.3. The average molecular weight is 546 g/mol. The molecule has 0 unspecified atom stereocenters. The molecule has 0 atom stereocenters. The van der Waals surface area contributed by atoms with Crippen LogP contribution in [0.1, 0.15) is 71.2 Å². The molecule has 0 radical (unpaired) electrons. The molecule has 0 bridgehead atoms. The van der Waals surface area contributed by atoms with E-state index in [1.54, 1.807) is 11.0 Å². The number of halogens is 1. The van der Waals surface area contributed by atoms with Crippen LogP contribution in [0, 0.1) is 28.5 Å². The largest absolute Gasteiger partial charge is 0.338 e. The molecule has 2 aromatic rings. The summed E-state index contributed by atoms with van der Waals surface area (Å²) in [5.74, 6) is -0.342. The van der Waals surface area contributed by atoms with E-state index in [0.29, 0.717) is 50.7 Å². The summed E-state index contributed by atoms with van der Waals surface area (Å²) >= 11 is 0. The molecule has 9 heteroatoms. The van der Waals surface area contributed by atoms with Crippen molar-refractivity contribution < 1.29 is 18.8 Å². The number of amides is 3. The van der Waals surface area contributed by atoms with Gasteiger partial charge in [0.2, 0.25) is 0 Å². The quantitative estimate of drug-likeness (QED) is 0.433. The molecule has 8 nitrogen and oxygen atoms in total. The number of anilines is 1. The van der Waals surface area contributed by atoms with Gasteiger partial charge in [-0.1, -0.05) is 31.0 Å². The minimum atomic E-state index is -0.644. The van der Waals surface area contributed by atoms with E-state index in [1.165, 1.54) is 12.1 Å². The van der Waals surface area contributed by atoms with Gasteiger partial charge in [0.25, 0.3) is 5.91 Å². The van der Waals surface area contributed by atoms with Crippen molar-refractivity contribution in [3.05, 3.63) is 65.0 Å². The summed E-state index contributed by atoms with van der Waals surface area (Å²) in [4.78, 5) is 41.9. The maximum absolute atomic E-state index is 14.6. The van der Waals surface area contributed by atoms with Gasteiger partial charge < -0.3 is 15.5 Å². The molecule has 3 fully saturated rings. The number of Topliss-reactive ketones (excluding diaryl/α,β-unsaturated/α-hetero) is 1. The molecule has 1 aliphatic heterocycles. The van der Waals surface area contributed by atoms with Gasteiger partial charge >= 0.3 is 6.03 Å². The normalized spacial score (nSPS) is 18.6. The highest BCUT2D eigenvalue weighted by Crippen LogP contribution is 2.41. The molecule has 2 aromatic carbocycles. The van der Waals surface area contributed by atoms with Crippen LogP contribution < -0.4 is 10.6 Å². The fraction of sp³-hybridized carbons (Fsp3) is 0.484. The minimum Gasteiger partial charge on any atom is -0.338 e. The molecule has 3 aliphatic rings. The summed E-state index contributed by atoms with van der Waals surface area (Å²) in [6, 6.07) is 13.7. The monoisotopic (exact) mass is 545 g/mol. The number of piperazine rings is 1.